The Morgan fingerprint density at radius 1 is 1.19 bits per heavy atom. The van der Waals surface area contributed by atoms with Gasteiger partial charge in [0.2, 0.25) is 11.8 Å². The Labute approximate surface area is 214 Å². The van der Waals surface area contributed by atoms with Gasteiger partial charge in [0.1, 0.15) is 11.8 Å². The molecule has 11 heteroatoms. The van der Waals surface area contributed by atoms with Crippen LogP contribution in [-0.2, 0) is 4.79 Å². The molecule has 11 nitrogen and oxygen atoms in total. The Balaban J connectivity index is 1.29. The van der Waals surface area contributed by atoms with Gasteiger partial charge in [-0.3, -0.25) is 9.59 Å². The van der Waals surface area contributed by atoms with Gasteiger partial charge in [0.05, 0.1) is 30.5 Å². The van der Waals surface area contributed by atoms with E-state index in [0.717, 1.165) is 31.2 Å². The lowest BCUT2D eigenvalue weighted by Gasteiger charge is -2.33. The molecular weight excluding hydrogens is 474 g/mol. The largest absolute Gasteiger partial charge is 0.481 e. The molecule has 196 valence electrons. The Morgan fingerprint density at radius 2 is 1.95 bits per heavy atom. The van der Waals surface area contributed by atoms with Crippen LogP contribution in [0.25, 0.3) is 16.8 Å². The molecule has 5 rings (SSSR count). The van der Waals surface area contributed by atoms with E-state index in [2.05, 4.69) is 25.7 Å². The lowest BCUT2D eigenvalue weighted by atomic mass is 9.84. The van der Waals surface area contributed by atoms with Gasteiger partial charge in [0, 0.05) is 29.8 Å². The molecule has 0 atom stereocenters. The zero-order chi connectivity index (χ0) is 26.0. The van der Waals surface area contributed by atoms with Crippen molar-refractivity contribution in [1.82, 2.24) is 30.2 Å². The second-order valence-corrected chi connectivity index (χ2v) is 10.1. The molecule has 2 fully saturated rings. The number of nitrogens with zero attached hydrogens (tertiary/aromatic N) is 4. The molecule has 0 radical (unpaired) electrons. The number of hydrogen-bond donors (Lipinski definition) is 4. The maximum Gasteiger partial charge on any atom is 0.253 e. The first kappa shape index (κ1) is 24.9. The smallest absolute Gasteiger partial charge is 0.253 e. The van der Waals surface area contributed by atoms with Gasteiger partial charge < -0.3 is 26.2 Å². The Hall–Kier alpha value is -3.73. The van der Waals surface area contributed by atoms with Gasteiger partial charge in [0.25, 0.3) is 5.91 Å². The highest BCUT2D eigenvalue weighted by atomic mass is 16.5. The Kier molecular flexibility index (Phi) is 6.96. The summed E-state index contributed by atoms with van der Waals surface area (Å²) >= 11 is 0. The fraction of sp³-hybridized carbons (Fsp3) is 0.500. The molecule has 3 aromatic heterocycles. The molecule has 0 saturated heterocycles. The predicted octanol–water partition coefficient (Wildman–Crippen LogP) is 2.09. The number of aliphatic hydroxyl groups excluding tert-OH is 1. The van der Waals surface area contributed by atoms with Crippen LogP contribution in [0.5, 0.6) is 5.88 Å². The first-order chi connectivity index (χ1) is 17.9. The number of anilines is 1. The number of aliphatic hydroxyl groups is 1. The molecule has 3 heterocycles. The van der Waals surface area contributed by atoms with Crippen molar-refractivity contribution >= 4 is 23.1 Å². The summed E-state index contributed by atoms with van der Waals surface area (Å²) in [4.78, 5) is 34.5. The molecule has 2 amide bonds. The summed E-state index contributed by atoms with van der Waals surface area (Å²) in [5.74, 6) is 0.298. The summed E-state index contributed by atoms with van der Waals surface area (Å²) in [5, 5.41) is 20.4. The van der Waals surface area contributed by atoms with E-state index in [9.17, 15) is 14.7 Å². The van der Waals surface area contributed by atoms with E-state index in [0.29, 0.717) is 48.3 Å². The highest BCUT2D eigenvalue weighted by molar-refractivity contribution is 6.05. The number of carbonyl (C=O) groups excluding carboxylic acids is 2. The molecule has 0 unspecified atom stereocenters. The Bertz CT molecular complexity index is 1290. The Morgan fingerprint density at radius 3 is 2.65 bits per heavy atom. The molecule has 2 aliphatic carbocycles. The molecule has 3 aromatic rings. The van der Waals surface area contributed by atoms with Gasteiger partial charge in [-0.15, -0.1) is 0 Å². The van der Waals surface area contributed by atoms with Crippen LogP contribution in [0.3, 0.4) is 0 Å². The van der Waals surface area contributed by atoms with E-state index in [1.807, 2.05) is 6.07 Å². The normalized spacial score (nSPS) is 21.0. The van der Waals surface area contributed by atoms with Crippen LogP contribution in [0.4, 0.5) is 5.82 Å². The van der Waals surface area contributed by atoms with E-state index in [-0.39, 0.29) is 36.2 Å². The number of rotatable bonds is 7. The number of hydrogen-bond acceptors (Lipinski definition) is 8. The minimum Gasteiger partial charge on any atom is -0.481 e. The van der Waals surface area contributed by atoms with Crippen LogP contribution in [-0.4, -0.2) is 61.8 Å². The van der Waals surface area contributed by atoms with Gasteiger partial charge >= 0.3 is 0 Å². The minimum atomic E-state index is -0.461. The summed E-state index contributed by atoms with van der Waals surface area (Å²) in [5.41, 5.74) is 7.96. The van der Waals surface area contributed by atoms with Crippen molar-refractivity contribution in [2.45, 2.75) is 62.9 Å². The van der Waals surface area contributed by atoms with Gasteiger partial charge in [-0.2, -0.15) is 5.10 Å². The summed E-state index contributed by atoms with van der Waals surface area (Å²) in [6, 6.07) is 5.27. The van der Waals surface area contributed by atoms with Crippen LogP contribution in [0.15, 0.2) is 30.7 Å². The third-order valence-electron chi connectivity index (χ3n) is 7.75. The van der Waals surface area contributed by atoms with Crippen molar-refractivity contribution in [1.29, 1.82) is 0 Å². The first-order valence-corrected chi connectivity index (χ1v) is 12.8. The van der Waals surface area contributed by atoms with E-state index in [1.54, 1.807) is 30.0 Å². The lowest BCUT2D eigenvalue weighted by Crippen LogP contribution is -2.52. The van der Waals surface area contributed by atoms with Crippen molar-refractivity contribution in [3.05, 3.63) is 36.3 Å². The number of aromatic nitrogens is 4. The molecule has 2 saturated carbocycles. The van der Waals surface area contributed by atoms with Crippen molar-refractivity contribution in [3.8, 4) is 17.1 Å². The summed E-state index contributed by atoms with van der Waals surface area (Å²) in [6.07, 6.45) is 9.45. The predicted molar refractivity (Wildman–Crippen MR) is 137 cm³/mol. The molecule has 0 bridgehead atoms. The van der Waals surface area contributed by atoms with Crippen LogP contribution < -0.4 is 21.1 Å². The fourth-order valence-electron chi connectivity index (χ4n) is 5.63. The van der Waals surface area contributed by atoms with E-state index in [4.69, 9.17) is 10.5 Å². The first-order valence-electron chi connectivity index (χ1n) is 12.8. The highest BCUT2D eigenvalue weighted by Gasteiger charge is 2.37. The van der Waals surface area contributed by atoms with Gasteiger partial charge in [-0.1, -0.05) is 12.8 Å². The number of amides is 2. The van der Waals surface area contributed by atoms with Crippen LogP contribution in [0.1, 0.15) is 61.7 Å². The fourth-order valence-corrected chi connectivity index (χ4v) is 5.63. The molecule has 37 heavy (non-hydrogen) atoms. The minimum absolute atomic E-state index is 0.0153. The number of ether oxygens (including phenoxy) is 1. The molecule has 0 spiro atoms. The second kappa shape index (κ2) is 10.3. The molecular formula is C26H33N7O4. The number of methoxy groups -OCH3 is 1. The molecule has 5 N–H and O–H groups in total. The van der Waals surface area contributed by atoms with Crippen molar-refractivity contribution in [2.75, 3.05) is 19.5 Å². The van der Waals surface area contributed by atoms with Crippen LogP contribution in [0.2, 0.25) is 0 Å². The number of nitrogens with one attached hydrogen (secondary N) is 2. The summed E-state index contributed by atoms with van der Waals surface area (Å²) < 4.78 is 6.85. The maximum absolute atomic E-state index is 13.4. The summed E-state index contributed by atoms with van der Waals surface area (Å²) in [7, 11) is 1.54. The van der Waals surface area contributed by atoms with Gasteiger partial charge in [0.15, 0.2) is 5.82 Å². The number of carbonyl (C=O) groups is 2. The van der Waals surface area contributed by atoms with Crippen molar-refractivity contribution in [3.63, 3.8) is 0 Å². The average Bonchev–Trinajstić information content (AvgIpc) is 3.55. The number of pyridine rings is 1. The van der Waals surface area contributed by atoms with Crippen LogP contribution >= 0.6 is 0 Å². The lowest BCUT2D eigenvalue weighted by molar-refractivity contribution is -0.128. The maximum atomic E-state index is 13.4. The van der Waals surface area contributed by atoms with Crippen molar-refractivity contribution in [2.24, 2.45) is 5.92 Å². The average molecular weight is 508 g/mol. The summed E-state index contributed by atoms with van der Waals surface area (Å²) in [6.45, 7) is -0.0170. The quantitative estimate of drug-likeness (QED) is 0.379. The topological polar surface area (TPSA) is 157 Å². The zero-order valence-corrected chi connectivity index (χ0v) is 20.9. The third-order valence-corrected chi connectivity index (χ3v) is 7.75. The van der Waals surface area contributed by atoms with Gasteiger partial charge in [-0.05, 0) is 50.7 Å². The molecule has 0 aliphatic heterocycles. The highest BCUT2D eigenvalue weighted by Crippen LogP contribution is 2.32. The number of nitrogen functional groups attached to an aromatic ring is 1. The van der Waals surface area contributed by atoms with E-state index in [1.165, 1.54) is 6.33 Å². The van der Waals surface area contributed by atoms with Crippen LogP contribution in [0, 0.1) is 5.92 Å². The molecule has 2 aliphatic rings. The standard InChI is InChI=1S/C26H33N7O4/c1-37-21-12-17(8-11-28-21)20-13-19(22-23(27)29-15-30-33(20)22)25(36)31-18-6-4-16(5-7-18)24(35)32-26(14-34)9-2-3-10-26/h8,11-13,15-16,18,34H,2-7,9-10,14H2,1H3,(H,31,36)(H,32,35)(H2,27,29,30)/t16-,18+. The van der Waals surface area contributed by atoms with E-state index < -0.39 is 5.54 Å². The van der Waals surface area contributed by atoms with Crippen molar-refractivity contribution < 1.29 is 19.4 Å². The monoisotopic (exact) mass is 507 g/mol. The zero-order valence-electron chi connectivity index (χ0n) is 20.9. The number of nitrogens with two attached hydrogens (primary N) is 1. The third kappa shape index (κ3) is 4.95. The molecule has 0 aromatic carbocycles. The van der Waals surface area contributed by atoms with E-state index >= 15 is 0 Å². The SMILES string of the molecule is COc1cc(-c2cc(C(=O)N[C@H]3CC[C@@H](C(=O)NC4(CO)CCCC4)CC3)c3c(N)ncnn23)ccn1. The second-order valence-electron chi connectivity index (χ2n) is 10.1. The number of fused-ring (bicyclic) bond motifs is 1. The van der Waals surface area contributed by atoms with Gasteiger partial charge in [-0.25, -0.2) is 14.5 Å².